The topological polar surface area (TPSA) is 159 Å². The number of nitrogens with one attached hydrogen (secondary N) is 2. The number of hydrogen-bond donors (Lipinski definition) is 3. The molecule has 0 radical (unpaired) electrons. The number of hydrogen-bond acceptors (Lipinski definition) is 12. The highest BCUT2D eigenvalue weighted by Crippen LogP contribution is 2.50. The molecule has 0 aliphatic carbocycles. The minimum Gasteiger partial charge on any atom is -0.508 e. The van der Waals surface area contributed by atoms with Gasteiger partial charge in [-0.1, -0.05) is 111 Å². The molecule has 5 aromatic rings. The number of unbranched alkanes of at least 4 members (excludes halogenated alkanes) is 2. The van der Waals surface area contributed by atoms with Crippen LogP contribution in [0.1, 0.15) is 83.4 Å². The Morgan fingerprint density at radius 2 is 1.05 bits per heavy atom. The van der Waals surface area contributed by atoms with Crippen molar-refractivity contribution in [2.75, 3.05) is 137 Å². The Kier molecular flexibility index (Phi) is 26.7. The number of likely N-dealkylation sites (N-methyl/N-ethyl adjacent to an activating group) is 1. The number of allylic oxidation sites excluding steroid dienone is 6. The number of phenols is 1. The van der Waals surface area contributed by atoms with E-state index in [0.29, 0.717) is 138 Å². The van der Waals surface area contributed by atoms with Crippen LogP contribution in [0.3, 0.4) is 0 Å². The molecule has 2 aliphatic heterocycles. The number of phenolic OH excluding ortho intramolecular Hbond substituents is 1. The van der Waals surface area contributed by atoms with Crippen molar-refractivity contribution >= 4 is 50.4 Å². The number of anilines is 1. The molecule has 83 heavy (non-hydrogen) atoms. The first-order valence-electron chi connectivity index (χ1n) is 30.0. The summed E-state index contributed by atoms with van der Waals surface area (Å²) in [5.41, 5.74) is 8.68. The number of aromatic hydroxyl groups is 1. The van der Waals surface area contributed by atoms with Crippen LogP contribution in [-0.2, 0) is 64.7 Å². The standard InChI is InChI=1S/C68H90N4O11/c1-6-71-61(67(2,3)59-30-26-54-17-12-14-19-57(54)65(59)71)21-9-7-10-22-62-68(4,5)60-31-27-55-18-13-15-20-58(55)66(60)72(62)36-16-8-11-23-63(74)70-35-38-77-40-42-79-44-46-81-48-50-83-52-51-82-49-47-80-45-43-78-41-39-76-37-33-64(75)69-34-32-53-24-28-56(73)29-25-53/h7,9-10,12-15,17-22,24-31H,6,8,11,16,23,32-52H2,1-5H3,(H2-,69,70,73,74,75)/p+1. The average molecular weight is 1140 g/mol. The first kappa shape index (κ1) is 64.3. The van der Waals surface area contributed by atoms with Crippen molar-refractivity contribution in [1.29, 1.82) is 0 Å². The number of ether oxygens (including phenoxy) is 8. The number of fused-ring (bicyclic) bond motifs is 6. The summed E-state index contributed by atoms with van der Waals surface area (Å²) in [7, 11) is 0. The molecule has 0 unspecified atom stereocenters. The third-order valence-electron chi connectivity index (χ3n) is 15.2. The van der Waals surface area contributed by atoms with Crippen LogP contribution in [0.25, 0.3) is 21.5 Å². The van der Waals surface area contributed by atoms with E-state index in [1.165, 1.54) is 55.5 Å². The van der Waals surface area contributed by atoms with Crippen LogP contribution >= 0.6 is 0 Å². The van der Waals surface area contributed by atoms with Crippen LogP contribution in [0.15, 0.2) is 133 Å². The summed E-state index contributed by atoms with van der Waals surface area (Å²) in [5, 5.41) is 20.3. The third kappa shape index (κ3) is 19.4. The van der Waals surface area contributed by atoms with E-state index in [1.807, 2.05) is 12.1 Å². The lowest BCUT2D eigenvalue weighted by Crippen LogP contribution is -2.28. The SMILES string of the molecule is CCN1\C(=C/C=C/C=C/C2=[N+](CCCCCC(=O)NCCOCCOCCOCCOCCOCCOCCOCCOCCC(=O)NCCc3ccc(O)cc3)c3c(ccc4ccccc34)C2(C)C)C(C)(C)c2ccc3ccccc3c21. The largest absolute Gasteiger partial charge is 0.508 e. The van der Waals surface area contributed by atoms with E-state index in [-0.39, 0.29) is 28.4 Å². The Balaban J connectivity index is 0.671. The highest BCUT2D eigenvalue weighted by Gasteiger charge is 2.45. The summed E-state index contributed by atoms with van der Waals surface area (Å²) < 4.78 is 47.0. The molecule has 2 amide bonds. The number of nitrogens with zero attached hydrogens (tertiary/aromatic N) is 2. The Morgan fingerprint density at radius 1 is 0.530 bits per heavy atom. The van der Waals surface area contributed by atoms with Gasteiger partial charge >= 0.3 is 0 Å². The first-order valence-corrected chi connectivity index (χ1v) is 30.0. The molecule has 0 aromatic heterocycles. The average Bonchev–Trinajstić information content (AvgIpc) is 2.43. The Labute approximate surface area is 492 Å². The molecule has 448 valence electrons. The van der Waals surface area contributed by atoms with Gasteiger partial charge in [-0.2, -0.15) is 4.58 Å². The maximum absolute atomic E-state index is 12.8. The van der Waals surface area contributed by atoms with Crippen molar-refractivity contribution in [2.45, 2.75) is 84.0 Å². The lowest BCUT2D eigenvalue weighted by atomic mass is 9.80. The van der Waals surface area contributed by atoms with Gasteiger partial charge in [-0.3, -0.25) is 9.59 Å². The summed E-state index contributed by atoms with van der Waals surface area (Å²) in [6, 6.07) is 33.5. The molecule has 0 spiro atoms. The fourth-order valence-electron chi connectivity index (χ4n) is 10.8. The lowest BCUT2D eigenvalue weighted by Gasteiger charge is -2.26. The number of benzene rings is 5. The molecule has 0 saturated heterocycles. The first-order chi connectivity index (χ1) is 40.5. The fraction of sp³-hybridized carbons (Fsp3) is 0.485. The van der Waals surface area contributed by atoms with Crippen LogP contribution in [0.2, 0.25) is 0 Å². The van der Waals surface area contributed by atoms with Gasteiger partial charge in [0.05, 0.1) is 122 Å². The predicted molar refractivity (Wildman–Crippen MR) is 331 cm³/mol. The second-order valence-electron chi connectivity index (χ2n) is 21.8. The number of amides is 2. The zero-order valence-corrected chi connectivity index (χ0v) is 49.9. The number of carbonyl (C=O) groups excluding carboxylic acids is 2. The molecule has 7 rings (SSSR count). The maximum Gasteiger partial charge on any atom is 0.222 e. The van der Waals surface area contributed by atoms with Gasteiger partial charge < -0.3 is 58.5 Å². The van der Waals surface area contributed by atoms with Gasteiger partial charge in [0.15, 0.2) is 5.71 Å². The van der Waals surface area contributed by atoms with Gasteiger partial charge in [0, 0.05) is 67.0 Å². The molecule has 2 heterocycles. The van der Waals surface area contributed by atoms with Gasteiger partial charge in [0.2, 0.25) is 17.5 Å². The highest BCUT2D eigenvalue weighted by atomic mass is 16.6. The van der Waals surface area contributed by atoms with Gasteiger partial charge in [-0.25, -0.2) is 0 Å². The minimum atomic E-state index is -0.185. The molecule has 3 N–H and O–H groups in total. The number of rotatable bonds is 40. The zero-order valence-electron chi connectivity index (χ0n) is 49.9. The van der Waals surface area contributed by atoms with E-state index in [0.717, 1.165) is 37.9 Å². The van der Waals surface area contributed by atoms with Crippen molar-refractivity contribution in [3.63, 3.8) is 0 Å². The maximum atomic E-state index is 12.8. The van der Waals surface area contributed by atoms with E-state index in [4.69, 9.17) is 37.9 Å². The van der Waals surface area contributed by atoms with Crippen molar-refractivity contribution < 1.29 is 57.2 Å². The molecule has 2 aliphatic rings. The molecule has 0 bridgehead atoms. The molecule has 15 heteroatoms. The predicted octanol–water partition coefficient (Wildman–Crippen LogP) is 10.4. The summed E-state index contributed by atoms with van der Waals surface area (Å²) in [6.45, 7) is 21.5. The summed E-state index contributed by atoms with van der Waals surface area (Å²) in [4.78, 5) is 27.2. The van der Waals surface area contributed by atoms with E-state index in [2.05, 4.69) is 158 Å². The van der Waals surface area contributed by atoms with Crippen molar-refractivity contribution in [1.82, 2.24) is 10.6 Å². The summed E-state index contributed by atoms with van der Waals surface area (Å²) in [5.74, 6) is 0.221. The van der Waals surface area contributed by atoms with Crippen molar-refractivity contribution in [3.8, 4) is 5.75 Å². The van der Waals surface area contributed by atoms with Gasteiger partial charge in [0.25, 0.3) is 0 Å². The van der Waals surface area contributed by atoms with Crippen LogP contribution in [0, 0.1) is 0 Å². The molecule has 0 atom stereocenters. The Hall–Kier alpha value is -6.27. The van der Waals surface area contributed by atoms with Crippen LogP contribution in [-0.4, -0.2) is 159 Å². The fourth-order valence-corrected chi connectivity index (χ4v) is 10.8. The van der Waals surface area contributed by atoms with Crippen LogP contribution < -0.4 is 15.5 Å². The Morgan fingerprint density at radius 3 is 1.65 bits per heavy atom. The van der Waals surface area contributed by atoms with E-state index in [9.17, 15) is 14.7 Å². The zero-order chi connectivity index (χ0) is 58.5. The van der Waals surface area contributed by atoms with Crippen molar-refractivity contribution in [3.05, 3.63) is 150 Å². The van der Waals surface area contributed by atoms with Gasteiger partial charge in [-0.05, 0) is 86.2 Å². The second-order valence-corrected chi connectivity index (χ2v) is 21.8. The normalized spacial score (nSPS) is 15.0. The van der Waals surface area contributed by atoms with E-state index < -0.39 is 0 Å². The molecular weight excluding hydrogens is 1050 g/mol. The van der Waals surface area contributed by atoms with Crippen LogP contribution in [0.5, 0.6) is 5.75 Å². The van der Waals surface area contributed by atoms with Gasteiger partial charge in [0.1, 0.15) is 12.3 Å². The highest BCUT2D eigenvalue weighted by molar-refractivity contribution is 6.07. The van der Waals surface area contributed by atoms with E-state index >= 15 is 0 Å². The summed E-state index contributed by atoms with van der Waals surface area (Å²) >= 11 is 0. The molecular formula is C68H91N4O11+. The van der Waals surface area contributed by atoms with Crippen molar-refractivity contribution in [2.24, 2.45) is 0 Å². The Bertz CT molecular complexity index is 2930. The van der Waals surface area contributed by atoms with Gasteiger partial charge in [-0.15, -0.1) is 0 Å². The second kappa shape index (κ2) is 34.5. The monoisotopic (exact) mass is 1140 g/mol. The number of carbonyl (C=O) groups is 2. The molecule has 15 nitrogen and oxygen atoms in total. The smallest absolute Gasteiger partial charge is 0.222 e. The minimum absolute atomic E-state index is 0.0507. The van der Waals surface area contributed by atoms with Crippen LogP contribution in [0.4, 0.5) is 11.4 Å². The molecule has 5 aromatic carbocycles. The third-order valence-corrected chi connectivity index (χ3v) is 15.2. The molecule has 0 saturated carbocycles. The summed E-state index contributed by atoms with van der Waals surface area (Å²) in [6.07, 6.45) is 15.4. The molecule has 0 fully saturated rings. The quantitative estimate of drug-likeness (QED) is 0.0194. The lowest BCUT2D eigenvalue weighted by molar-refractivity contribution is -0.436. The van der Waals surface area contributed by atoms with E-state index in [1.54, 1.807) is 12.1 Å².